The molecule has 1 aromatic carbocycles. The molecule has 0 saturated heterocycles. The molecule has 0 fully saturated rings. The standard InChI is InChI=1S/C12H11F3O/c1-4-10-7(2)5-9(6-16)11(8(10)3)12(13,14)15/h4-6H,1H2,2-3H3. The van der Waals surface area contributed by atoms with Crippen LogP contribution in [0.15, 0.2) is 12.6 Å². The molecular weight excluding hydrogens is 217 g/mol. The molecule has 16 heavy (non-hydrogen) atoms. The second-order valence-electron chi connectivity index (χ2n) is 3.52. The van der Waals surface area contributed by atoms with Crippen LogP contribution < -0.4 is 0 Å². The fraction of sp³-hybridized carbons (Fsp3) is 0.250. The topological polar surface area (TPSA) is 17.1 Å². The molecule has 1 nitrogen and oxygen atoms in total. The molecule has 0 bridgehead atoms. The predicted molar refractivity (Wildman–Crippen MR) is 56.4 cm³/mol. The lowest BCUT2D eigenvalue weighted by atomic mass is 9.93. The molecular formula is C12H11F3O. The van der Waals surface area contributed by atoms with Crippen LogP contribution in [-0.4, -0.2) is 6.29 Å². The number of hydrogen-bond acceptors (Lipinski definition) is 1. The highest BCUT2D eigenvalue weighted by molar-refractivity contribution is 5.81. The van der Waals surface area contributed by atoms with Gasteiger partial charge >= 0.3 is 6.18 Å². The largest absolute Gasteiger partial charge is 0.417 e. The molecule has 0 heterocycles. The number of rotatable bonds is 2. The first-order valence-electron chi connectivity index (χ1n) is 4.62. The average Bonchev–Trinajstić information content (AvgIpc) is 2.15. The van der Waals surface area contributed by atoms with Crippen LogP contribution in [0.25, 0.3) is 6.08 Å². The van der Waals surface area contributed by atoms with Crippen LogP contribution in [0.4, 0.5) is 13.2 Å². The van der Waals surface area contributed by atoms with Crippen LogP contribution in [0.5, 0.6) is 0 Å². The third-order valence-electron chi connectivity index (χ3n) is 2.48. The molecule has 4 heteroatoms. The Kier molecular flexibility index (Phi) is 3.21. The molecule has 0 unspecified atom stereocenters. The normalized spacial score (nSPS) is 11.3. The summed E-state index contributed by atoms with van der Waals surface area (Å²) in [6.07, 6.45) is -2.92. The Labute approximate surface area is 91.6 Å². The monoisotopic (exact) mass is 228 g/mol. The summed E-state index contributed by atoms with van der Waals surface area (Å²) in [6, 6.07) is 1.24. The van der Waals surface area contributed by atoms with Gasteiger partial charge in [-0.25, -0.2) is 0 Å². The lowest BCUT2D eigenvalue weighted by Gasteiger charge is -2.16. The Morgan fingerprint density at radius 2 is 1.88 bits per heavy atom. The van der Waals surface area contributed by atoms with Crippen molar-refractivity contribution in [3.8, 4) is 0 Å². The first kappa shape index (κ1) is 12.5. The number of hydrogen-bond donors (Lipinski definition) is 0. The fourth-order valence-corrected chi connectivity index (χ4v) is 1.81. The number of carbonyl (C=O) groups excluding carboxylic acids is 1. The zero-order chi connectivity index (χ0) is 12.5. The number of alkyl halides is 3. The van der Waals surface area contributed by atoms with Crippen LogP contribution >= 0.6 is 0 Å². The van der Waals surface area contributed by atoms with Gasteiger partial charge < -0.3 is 0 Å². The van der Waals surface area contributed by atoms with Gasteiger partial charge in [-0.3, -0.25) is 4.79 Å². The number of aldehydes is 1. The average molecular weight is 228 g/mol. The number of aryl methyl sites for hydroxylation is 1. The molecule has 0 aliphatic rings. The maximum Gasteiger partial charge on any atom is 0.417 e. The number of carbonyl (C=O) groups is 1. The first-order valence-corrected chi connectivity index (χ1v) is 4.62. The summed E-state index contributed by atoms with van der Waals surface area (Å²) in [5, 5.41) is 0. The molecule has 1 rings (SSSR count). The number of halogens is 3. The maximum atomic E-state index is 12.8. The summed E-state index contributed by atoms with van der Waals surface area (Å²) in [5.74, 6) is 0. The van der Waals surface area contributed by atoms with Gasteiger partial charge in [0.25, 0.3) is 0 Å². The Morgan fingerprint density at radius 1 is 1.31 bits per heavy atom. The van der Waals surface area contributed by atoms with Crippen molar-refractivity contribution in [3.05, 3.63) is 40.5 Å². The van der Waals surface area contributed by atoms with E-state index in [-0.39, 0.29) is 17.4 Å². The third-order valence-corrected chi connectivity index (χ3v) is 2.48. The van der Waals surface area contributed by atoms with E-state index in [1.165, 1.54) is 19.1 Å². The fourth-order valence-electron chi connectivity index (χ4n) is 1.81. The van der Waals surface area contributed by atoms with E-state index in [4.69, 9.17) is 0 Å². The molecule has 1 aromatic rings. The quantitative estimate of drug-likeness (QED) is 0.704. The second kappa shape index (κ2) is 4.12. The van der Waals surface area contributed by atoms with Crippen molar-refractivity contribution in [1.29, 1.82) is 0 Å². The van der Waals surface area contributed by atoms with Gasteiger partial charge in [-0.05, 0) is 36.6 Å². The van der Waals surface area contributed by atoms with Crippen LogP contribution in [0.1, 0.15) is 32.6 Å². The van der Waals surface area contributed by atoms with Gasteiger partial charge in [-0.2, -0.15) is 13.2 Å². The van der Waals surface area contributed by atoms with E-state index in [2.05, 4.69) is 6.58 Å². The molecule has 0 radical (unpaired) electrons. The summed E-state index contributed by atoms with van der Waals surface area (Å²) in [6.45, 7) is 6.47. The Morgan fingerprint density at radius 3 is 2.25 bits per heavy atom. The van der Waals surface area contributed by atoms with Crippen molar-refractivity contribution in [2.75, 3.05) is 0 Å². The Bertz CT molecular complexity index is 445. The summed E-state index contributed by atoms with van der Waals surface area (Å²) < 4.78 is 38.3. The van der Waals surface area contributed by atoms with Gasteiger partial charge in [0, 0.05) is 5.56 Å². The summed E-state index contributed by atoms with van der Waals surface area (Å²) in [5.41, 5.74) is -0.110. The molecule has 0 aliphatic heterocycles. The summed E-state index contributed by atoms with van der Waals surface area (Å²) >= 11 is 0. The van der Waals surface area contributed by atoms with Crippen LogP contribution in [0.2, 0.25) is 0 Å². The molecule has 86 valence electrons. The van der Waals surface area contributed by atoms with Gasteiger partial charge in [0.1, 0.15) is 0 Å². The first-order chi connectivity index (χ1) is 7.32. The minimum Gasteiger partial charge on any atom is -0.298 e. The Balaban J connectivity index is 3.69. The predicted octanol–water partition coefficient (Wildman–Crippen LogP) is 3.78. The molecule has 0 spiro atoms. The van der Waals surface area contributed by atoms with E-state index >= 15 is 0 Å². The van der Waals surface area contributed by atoms with Crippen molar-refractivity contribution in [1.82, 2.24) is 0 Å². The van der Waals surface area contributed by atoms with Crippen LogP contribution in [-0.2, 0) is 6.18 Å². The second-order valence-corrected chi connectivity index (χ2v) is 3.52. The smallest absolute Gasteiger partial charge is 0.298 e. The SMILES string of the molecule is C=Cc1c(C)cc(C=O)c(C(F)(F)F)c1C. The minimum atomic E-state index is -4.52. The van der Waals surface area contributed by atoms with E-state index in [1.807, 2.05) is 0 Å². The molecule has 0 N–H and O–H groups in total. The van der Waals surface area contributed by atoms with Gasteiger partial charge in [0.15, 0.2) is 6.29 Å². The summed E-state index contributed by atoms with van der Waals surface area (Å²) in [4.78, 5) is 10.7. The summed E-state index contributed by atoms with van der Waals surface area (Å²) in [7, 11) is 0. The highest BCUT2D eigenvalue weighted by Gasteiger charge is 2.36. The van der Waals surface area contributed by atoms with Crippen molar-refractivity contribution in [2.45, 2.75) is 20.0 Å². The zero-order valence-electron chi connectivity index (χ0n) is 8.98. The van der Waals surface area contributed by atoms with Gasteiger partial charge in [0.2, 0.25) is 0 Å². The van der Waals surface area contributed by atoms with E-state index in [0.717, 1.165) is 0 Å². The highest BCUT2D eigenvalue weighted by atomic mass is 19.4. The zero-order valence-corrected chi connectivity index (χ0v) is 8.98. The van der Waals surface area contributed by atoms with Gasteiger partial charge in [-0.15, -0.1) is 0 Å². The van der Waals surface area contributed by atoms with Gasteiger partial charge in [0.05, 0.1) is 5.56 Å². The molecule has 0 amide bonds. The van der Waals surface area contributed by atoms with Crippen molar-refractivity contribution < 1.29 is 18.0 Å². The molecule has 0 atom stereocenters. The van der Waals surface area contributed by atoms with Crippen LogP contribution in [0.3, 0.4) is 0 Å². The third kappa shape index (κ3) is 2.01. The van der Waals surface area contributed by atoms with E-state index in [1.54, 1.807) is 6.92 Å². The van der Waals surface area contributed by atoms with E-state index in [0.29, 0.717) is 11.1 Å². The minimum absolute atomic E-state index is 0.0459. The van der Waals surface area contributed by atoms with Crippen molar-refractivity contribution >= 4 is 12.4 Å². The van der Waals surface area contributed by atoms with E-state index < -0.39 is 11.7 Å². The Hall–Kier alpha value is -1.58. The van der Waals surface area contributed by atoms with Crippen molar-refractivity contribution in [2.24, 2.45) is 0 Å². The number of benzene rings is 1. The van der Waals surface area contributed by atoms with Crippen molar-refractivity contribution in [3.63, 3.8) is 0 Å². The molecule has 0 saturated carbocycles. The lowest BCUT2D eigenvalue weighted by Crippen LogP contribution is -2.13. The van der Waals surface area contributed by atoms with Gasteiger partial charge in [-0.1, -0.05) is 12.7 Å². The van der Waals surface area contributed by atoms with E-state index in [9.17, 15) is 18.0 Å². The maximum absolute atomic E-state index is 12.8. The lowest BCUT2D eigenvalue weighted by molar-refractivity contribution is -0.138. The molecule has 0 aromatic heterocycles. The van der Waals surface area contributed by atoms with Crippen LogP contribution in [0, 0.1) is 13.8 Å². The highest BCUT2D eigenvalue weighted by Crippen LogP contribution is 2.36. The molecule has 0 aliphatic carbocycles.